The third kappa shape index (κ3) is 3.78. The summed E-state index contributed by atoms with van der Waals surface area (Å²) in [7, 11) is -1.68. The molecule has 0 aliphatic rings. The average Bonchev–Trinajstić information content (AvgIpc) is 2.52. The van der Waals surface area contributed by atoms with Gasteiger partial charge in [-0.25, -0.2) is 8.42 Å². The lowest BCUT2D eigenvalue weighted by Crippen LogP contribution is -2.11. The summed E-state index contributed by atoms with van der Waals surface area (Å²) in [5.74, 6) is 1.19. The molecule has 0 heterocycles. The fourth-order valence-electron chi connectivity index (χ4n) is 2.04. The normalized spacial score (nSPS) is 11.2. The highest BCUT2D eigenvalue weighted by molar-refractivity contribution is 7.90. The summed E-state index contributed by atoms with van der Waals surface area (Å²) in [4.78, 5) is 0.285. The molecule has 0 spiro atoms. The molecule has 0 aliphatic carbocycles. The minimum atomic E-state index is -3.24. The van der Waals surface area contributed by atoms with Gasteiger partial charge in [-0.3, -0.25) is 0 Å². The Balaban J connectivity index is 2.41. The Hall–Kier alpha value is -2.05. The first-order valence-corrected chi connectivity index (χ1v) is 8.66. The molecular formula is C16H19NO4S. The van der Waals surface area contributed by atoms with E-state index in [2.05, 4.69) is 0 Å². The summed E-state index contributed by atoms with van der Waals surface area (Å²) in [5.41, 5.74) is 7.07. The predicted molar refractivity (Wildman–Crippen MR) is 86.1 cm³/mol. The van der Waals surface area contributed by atoms with Crippen LogP contribution in [0, 0.1) is 0 Å². The van der Waals surface area contributed by atoms with Crippen LogP contribution in [0.1, 0.15) is 0 Å². The number of hydrogen-bond donors (Lipinski definition) is 1. The monoisotopic (exact) mass is 321 g/mol. The van der Waals surface area contributed by atoms with E-state index in [-0.39, 0.29) is 4.90 Å². The molecule has 0 radical (unpaired) electrons. The van der Waals surface area contributed by atoms with Gasteiger partial charge < -0.3 is 15.2 Å². The van der Waals surface area contributed by atoms with Crippen LogP contribution >= 0.6 is 0 Å². The van der Waals surface area contributed by atoms with Gasteiger partial charge in [-0.15, -0.1) is 0 Å². The smallest absolute Gasteiger partial charge is 0.175 e. The lowest BCUT2D eigenvalue weighted by atomic mass is 10.1. The van der Waals surface area contributed by atoms with E-state index < -0.39 is 9.84 Å². The first-order chi connectivity index (χ1) is 10.5. The summed E-state index contributed by atoms with van der Waals surface area (Å²) in [6, 6.07) is 12.3. The van der Waals surface area contributed by atoms with Crippen LogP contribution in [0.5, 0.6) is 11.5 Å². The number of methoxy groups -OCH3 is 1. The van der Waals surface area contributed by atoms with E-state index in [1.807, 2.05) is 18.2 Å². The van der Waals surface area contributed by atoms with Gasteiger partial charge in [0.2, 0.25) is 0 Å². The van der Waals surface area contributed by atoms with E-state index in [0.29, 0.717) is 24.7 Å². The maximum Gasteiger partial charge on any atom is 0.175 e. The molecule has 0 saturated carbocycles. The van der Waals surface area contributed by atoms with Crippen LogP contribution in [0.4, 0.5) is 0 Å². The fourth-order valence-corrected chi connectivity index (χ4v) is 2.71. The van der Waals surface area contributed by atoms with Crippen molar-refractivity contribution in [2.45, 2.75) is 4.90 Å². The van der Waals surface area contributed by atoms with Crippen molar-refractivity contribution in [2.75, 3.05) is 26.5 Å². The van der Waals surface area contributed by atoms with E-state index in [1.54, 1.807) is 31.4 Å². The van der Waals surface area contributed by atoms with Crippen molar-refractivity contribution in [1.82, 2.24) is 0 Å². The van der Waals surface area contributed by atoms with Crippen molar-refractivity contribution in [3.8, 4) is 22.6 Å². The van der Waals surface area contributed by atoms with Gasteiger partial charge in [0.25, 0.3) is 0 Å². The second-order valence-electron chi connectivity index (χ2n) is 4.80. The van der Waals surface area contributed by atoms with Crippen LogP contribution in [-0.2, 0) is 9.84 Å². The quantitative estimate of drug-likeness (QED) is 0.881. The van der Waals surface area contributed by atoms with Gasteiger partial charge in [0.05, 0.1) is 12.0 Å². The second-order valence-corrected chi connectivity index (χ2v) is 6.82. The minimum Gasteiger partial charge on any atom is -0.493 e. The zero-order valence-electron chi connectivity index (χ0n) is 12.6. The Bertz CT molecular complexity index is 756. The van der Waals surface area contributed by atoms with Gasteiger partial charge in [0, 0.05) is 12.8 Å². The molecule has 0 amide bonds. The van der Waals surface area contributed by atoms with Gasteiger partial charge >= 0.3 is 0 Å². The minimum absolute atomic E-state index is 0.285. The van der Waals surface area contributed by atoms with Crippen LogP contribution in [0.25, 0.3) is 11.1 Å². The van der Waals surface area contributed by atoms with Gasteiger partial charge in [-0.1, -0.05) is 18.2 Å². The lowest BCUT2D eigenvalue weighted by molar-refractivity contribution is 0.302. The molecule has 0 aliphatic heterocycles. The maximum absolute atomic E-state index is 11.7. The third-order valence-electron chi connectivity index (χ3n) is 3.13. The molecule has 0 saturated heterocycles. The van der Waals surface area contributed by atoms with Crippen LogP contribution < -0.4 is 15.2 Å². The Morgan fingerprint density at radius 3 is 2.41 bits per heavy atom. The van der Waals surface area contributed by atoms with Crippen molar-refractivity contribution < 1.29 is 17.9 Å². The van der Waals surface area contributed by atoms with Crippen molar-refractivity contribution in [1.29, 1.82) is 0 Å². The molecule has 0 fully saturated rings. The third-order valence-corrected chi connectivity index (χ3v) is 4.24. The van der Waals surface area contributed by atoms with E-state index in [9.17, 15) is 8.42 Å². The van der Waals surface area contributed by atoms with Gasteiger partial charge in [0.15, 0.2) is 21.3 Å². The van der Waals surface area contributed by atoms with E-state index in [0.717, 1.165) is 11.1 Å². The van der Waals surface area contributed by atoms with Crippen molar-refractivity contribution >= 4 is 9.84 Å². The summed E-state index contributed by atoms with van der Waals surface area (Å²) in [5, 5.41) is 0. The largest absolute Gasteiger partial charge is 0.493 e. The maximum atomic E-state index is 11.7. The molecule has 2 aromatic rings. The van der Waals surface area contributed by atoms with Crippen LogP contribution in [-0.4, -0.2) is 34.9 Å². The highest BCUT2D eigenvalue weighted by atomic mass is 32.2. The Kier molecular flexibility index (Phi) is 5.05. The zero-order valence-corrected chi connectivity index (χ0v) is 13.4. The van der Waals surface area contributed by atoms with Crippen molar-refractivity contribution in [2.24, 2.45) is 5.73 Å². The first-order valence-electron chi connectivity index (χ1n) is 6.77. The summed E-state index contributed by atoms with van der Waals surface area (Å²) < 4.78 is 34.1. The number of benzene rings is 2. The average molecular weight is 321 g/mol. The second kappa shape index (κ2) is 6.81. The summed E-state index contributed by atoms with van der Waals surface area (Å²) >= 11 is 0. The molecule has 118 valence electrons. The summed E-state index contributed by atoms with van der Waals surface area (Å²) in [6.45, 7) is 0.820. The van der Waals surface area contributed by atoms with Gasteiger partial charge in [-0.05, 0) is 35.4 Å². The molecule has 2 rings (SSSR count). The van der Waals surface area contributed by atoms with Crippen LogP contribution in [0.15, 0.2) is 47.4 Å². The Morgan fingerprint density at radius 1 is 1.05 bits per heavy atom. The number of ether oxygens (including phenoxy) is 2. The van der Waals surface area contributed by atoms with Crippen LogP contribution in [0.2, 0.25) is 0 Å². The topological polar surface area (TPSA) is 78.6 Å². The molecule has 5 nitrogen and oxygen atoms in total. The Labute approximate surface area is 130 Å². The molecule has 0 aromatic heterocycles. The molecule has 0 atom stereocenters. The number of nitrogens with two attached hydrogens (primary N) is 1. The molecule has 0 unspecified atom stereocenters. The zero-order chi connectivity index (χ0) is 16.2. The first kappa shape index (κ1) is 16.3. The van der Waals surface area contributed by atoms with Crippen molar-refractivity contribution in [3.05, 3.63) is 42.5 Å². The summed E-state index contributed by atoms with van der Waals surface area (Å²) in [6.07, 6.45) is 1.19. The van der Waals surface area contributed by atoms with E-state index in [1.165, 1.54) is 6.26 Å². The van der Waals surface area contributed by atoms with E-state index in [4.69, 9.17) is 15.2 Å². The standard InChI is InChI=1S/C16H19NO4S/c1-20-16-11-13(6-7-15(16)21-9-8-17)12-4-3-5-14(10-12)22(2,18)19/h3-7,10-11H,8-9,17H2,1-2H3. The fraction of sp³-hybridized carbons (Fsp3) is 0.250. The SMILES string of the molecule is COc1cc(-c2cccc(S(C)(=O)=O)c2)ccc1OCCN. The number of sulfone groups is 1. The van der Waals surface area contributed by atoms with Crippen molar-refractivity contribution in [3.63, 3.8) is 0 Å². The highest BCUT2D eigenvalue weighted by Gasteiger charge is 2.10. The van der Waals surface area contributed by atoms with E-state index >= 15 is 0 Å². The number of hydrogen-bond acceptors (Lipinski definition) is 5. The van der Waals surface area contributed by atoms with Crippen LogP contribution in [0.3, 0.4) is 0 Å². The molecule has 2 N–H and O–H groups in total. The predicted octanol–water partition coefficient (Wildman–Crippen LogP) is 2.10. The highest BCUT2D eigenvalue weighted by Crippen LogP contribution is 2.33. The molecule has 2 aromatic carbocycles. The molecular weight excluding hydrogens is 302 g/mol. The van der Waals surface area contributed by atoms with Gasteiger partial charge in [-0.2, -0.15) is 0 Å². The Morgan fingerprint density at radius 2 is 1.77 bits per heavy atom. The molecule has 0 bridgehead atoms. The molecule has 22 heavy (non-hydrogen) atoms. The lowest BCUT2D eigenvalue weighted by Gasteiger charge is -2.12. The number of rotatable bonds is 6. The van der Waals surface area contributed by atoms with Gasteiger partial charge in [0.1, 0.15) is 6.61 Å². The molecule has 6 heteroatoms.